The molecular weight excluding hydrogens is 362 g/mol. The molecule has 0 spiro atoms. The Kier molecular flexibility index (Phi) is 4.53. The van der Waals surface area contributed by atoms with Crippen molar-refractivity contribution >= 4 is 28.9 Å². The van der Waals surface area contributed by atoms with Gasteiger partial charge in [-0.05, 0) is 6.92 Å². The molecular formula is C12H12ClN5O5S. The van der Waals surface area contributed by atoms with E-state index in [0.717, 1.165) is 4.88 Å². The first-order chi connectivity index (χ1) is 11.4. The Morgan fingerprint density at radius 1 is 1.42 bits per heavy atom. The highest BCUT2D eigenvalue weighted by atomic mass is 35.5. The third kappa shape index (κ3) is 3.57. The number of hydrogen-bond acceptors (Lipinski definition) is 7. The lowest BCUT2D eigenvalue weighted by molar-refractivity contribution is -0.486. The monoisotopic (exact) mass is 373 g/mol. The van der Waals surface area contributed by atoms with Crippen LogP contribution < -0.4 is 5.82 Å². The molecule has 1 fully saturated rings. The fourth-order valence-electron chi connectivity index (χ4n) is 2.38. The Balaban J connectivity index is 1.81. The SMILES string of the molecule is Cc1oc(=O)oc1CN1CCN(Cc2cnc(Cl)s2)/C1=N\[N+](=O)[O-]. The summed E-state index contributed by atoms with van der Waals surface area (Å²) in [5, 5.41) is 13.6. The molecule has 1 saturated heterocycles. The molecule has 2 aromatic heterocycles. The van der Waals surface area contributed by atoms with Crippen LogP contribution in [0.2, 0.25) is 4.47 Å². The molecule has 0 N–H and O–H groups in total. The topological polar surface area (TPSA) is 118 Å². The van der Waals surface area contributed by atoms with E-state index in [1.54, 1.807) is 22.9 Å². The maximum atomic E-state index is 11.1. The predicted octanol–water partition coefficient (Wildman–Crippen LogP) is 1.52. The molecule has 0 aliphatic carbocycles. The lowest BCUT2D eigenvalue weighted by atomic mass is 10.3. The van der Waals surface area contributed by atoms with Crippen LogP contribution in [0, 0.1) is 17.0 Å². The second-order valence-corrected chi connectivity index (χ2v) is 6.69. The first kappa shape index (κ1) is 16.5. The van der Waals surface area contributed by atoms with Gasteiger partial charge in [0.2, 0.25) is 0 Å². The van der Waals surface area contributed by atoms with E-state index in [9.17, 15) is 14.9 Å². The normalized spacial score (nSPS) is 16.3. The Labute approximate surface area is 144 Å². The summed E-state index contributed by atoms with van der Waals surface area (Å²) in [4.78, 5) is 30.2. The maximum Gasteiger partial charge on any atom is 0.519 e. The fraction of sp³-hybridized carbons (Fsp3) is 0.417. The van der Waals surface area contributed by atoms with Gasteiger partial charge < -0.3 is 18.6 Å². The van der Waals surface area contributed by atoms with Crippen LogP contribution in [0.4, 0.5) is 0 Å². The van der Waals surface area contributed by atoms with Crippen LogP contribution in [0.25, 0.3) is 0 Å². The van der Waals surface area contributed by atoms with Crippen molar-refractivity contribution in [2.24, 2.45) is 5.10 Å². The van der Waals surface area contributed by atoms with Crippen molar-refractivity contribution in [2.45, 2.75) is 20.0 Å². The van der Waals surface area contributed by atoms with Crippen LogP contribution in [0.15, 0.2) is 24.9 Å². The standard InChI is InChI=1S/C12H12ClN5O5S/c1-7-9(23-12(19)22-7)6-17-3-2-16(11(17)15-18(20)21)5-8-4-14-10(13)24-8/h4H,2-3,5-6H2,1H3/b15-11+. The third-order valence-electron chi connectivity index (χ3n) is 3.42. The van der Waals surface area contributed by atoms with Crippen molar-refractivity contribution in [2.75, 3.05) is 13.1 Å². The zero-order chi connectivity index (χ0) is 17.3. The molecule has 0 atom stereocenters. The second-order valence-electron chi connectivity index (χ2n) is 4.99. The van der Waals surface area contributed by atoms with Crippen LogP contribution in [0.1, 0.15) is 16.4 Å². The number of nitrogens with zero attached hydrogens (tertiary/aromatic N) is 5. The van der Waals surface area contributed by atoms with Gasteiger partial charge in [0.1, 0.15) is 10.9 Å². The van der Waals surface area contributed by atoms with Gasteiger partial charge in [0.15, 0.2) is 15.3 Å². The van der Waals surface area contributed by atoms with E-state index in [2.05, 4.69) is 10.1 Å². The van der Waals surface area contributed by atoms with E-state index in [1.807, 2.05) is 0 Å². The van der Waals surface area contributed by atoms with E-state index in [-0.39, 0.29) is 12.5 Å². The third-order valence-corrected chi connectivity index (χ3v) is 4.52. The molecule has 2 aromatic rings. The minimum atomic E-state index is -0.800. The van der Waals surface area contributed by atoms with Crippen molar-refractivity contribution in [1.82, 2.24) is 14.8 Å². The summed E-state index contributed by atoms with van der Waals surface area (Å²) in [6.45, 7) is 3.18. The van der Waals surface area contributed by atoms with Crippen molar-refractivity contribution in [1.29, 1.82) is 0 Å². The highest BCUT2D eigenvalue weighted by Gasteiger charge is 2.31. The summed E-state index contributed by atoms with van der Waals surface area (Å²) in [7, 11) is 0. The average molecular weight is 374 g/mol. The van der Waals surface area contributed by atoms with E-state index < -0.39 is 10.9 Å². The lowest BCUT2D eigenvalue weighted by Gasteiger charge is -2.19. The number of rotatable bonds is 5. The minimum absolute atomic E-state index is 0.157. The van der Waals surface area contributed by atoms with E-state index >= 15 is 0 Å². The van der Waals surface area contributed by atoms with Gasteiger partial charge in [-0.1, -0.05) is 11.6 Å². The van der Waals surface area contributed by atoms with Crippen molar-refractivity contribution < 1.29 is 13.9 Å². The Bertz CT molecular complexity index is 843. The van der Waals surface area contributed by atoms with Crippen LogP contribution in [-0.2, 0) is 13.1 Å². The number of aromatic nitrogens is 1. The summed E-state index contributed by atoms with van der Waals surface area (Å²) in [6, 6.07) is 0. The van der Waals surface area contributed by atoms with Crippen LogP contribution in [0.5, 0.6) is 0 Å². The summed E-state index contributed by atoms with van der Waals surface area (Å²) in [5.41, 5.74) is 0. The Morgan fingerprint density at radius 3 is 2.67 bits per heavy atom. The van der Waals surface area contributed by atoms with Gasteiger partial charge >= 0.3 is 5.82 Å². The minimum Gasteiger partial charge on any atom is -0.396 e. The number of guanidine groups is 1. The number of thiazole rings is 1. The average Bonchev–Trinajstić information content (AvgIpc) is 3.15. The van der Waals surface area contributed by atoms with E-state index in [4.69, 9.17) is 20.4 Å². The van der Waals surface area contributed by atoms with Gasteiger partial charge in [-0.25, -0.2) is 19.9 Å². The molecule has 24 heavy (non-hydrogen) atoms. The van der Waals surface area contributed by atoms with Gasteiger partial charge in [0.05, 0.1) is 13.1 Å². The molecule has 0 bridgehead atoms. The van der Waals surface area contributed by atoms with Gasteiger partial charge in [0.25, 0.3) is 5.96 Å². The first-order valence-electron chi connectivity index (χ1n) is 6.85. The van der Waals surface area contributed by atoms with Gasteiger partial charge in [-0.15, -0.1) is 11.3 Å². The Hall–Kier alpha value is -2.40. The molecule has 3 rings (SSSR count). The van der Waals surface area contributed by atoms with Crippen LogP contribution in [0.3, 0.4) is 0 Å². The zero-order valence-electron chi connectivity index (χ0n) is 12.5. The highest BCUT2D eigenvalue weighted by molar-refractivity contribution is 7.15. The first-order valence-corrected chi connectivity index (χ1v) is 8.04. The molecule has 10 nitrogen and oxygen atoms in total. The number of nitro groups is 1. The van der Waals surface area contributed by atoms with Crippen molar-refractivity contribution in [3.05, 3.63) is 47.8 Å². The number of hydrogen-bond donors (Lipinski definition) is 0. The molecule has 0 unspecified atom stereocenters. The summed E-state index contributed by atoms with van der Waals surface area (Å²) < 4.78 is 10.2. The molecule has 0 aromatic carbocycles. The largest absolute Gasteiger partial charge is 0.519 e. The van der Waals surface area contributed by atoms with E-state index in [1.165, 1.54) is 11.3 Å². The smallest absolute Gasteiger partial charge is 0.396 e. The molecule has 0 radical (unpaired) electrons. The summed E-state index contributed by atoms with van der Waals surface area (Å²) in [6.07, 6.45) is 1.62. The number of aryl methyl sites for hydroxylation is 1. The molecule has 0 saturated carbocycles. The summed E-state index contributed by atoms with van der Waals surface area (Å²) in [5.74, 6) is 0.0465. The number of halogens is 1. The van der Waals surface area contributed by atoms with E-state index in [0.29, 0.717) is 35.6 Å². The highest BCUT2D eigenvalue weighted by Crippen LogP contribution is 2.22. The molecule has 0 amide bonds. The Morgan fingerprint density at radius 2 is 2.12 bits per heavy atom. The van der Waals surface area contributed by atoms with Gasteiger partial charge in [0, 0.05) is 24.2 Å². The van der Waals surface area contributed by atoms with Crippen molar-refractivity contribution in [3.63, 3.8) is 0 Å². The van der Waals surface area contributed by atoms with Crippen LogP contribution in [-0.4, -0.2) is 38.9 Å². The lowest BCUT2D eigenvalue weighted by Crippen LogP contribution is -2.33. The van der Waals surface area contributed by atoms with Crippen molar-refractivity contribution in [3.8, 4) is 0 Å². The predicted molar refractivity (Wildman–Crippen MR) is 84.4 cm³/mol. The molecule has 1 aliphatic rings. The van der Waals surface area contributed by atoms with Crippen LogP contribution >= 0.6 is 22.9 Å². The molecule has 128 valence electrons. The quantitative estimate of drug-likeness (QED) is 0.571. The maximum absolute atomic E-state index is 11.1. The number of hydrazone groups is 1. The molecule has 1 aliphatic heterocycles. The second kappa shape index (κ2) is 6.61. The molecule has 3 heterocycles. The molecule has 12 heteroatoms. The zero-order valence-corrected chi connectivity index (χ0v) is 14.0. The van der Waals surface area contributed by atoms with Gasteiger partial charge in [-0.2, -0.15) is 0 Å². The summed E-state index contributed by atoms with van der Waals surface area (Å²) >= 11 is 7.11. The fourth-order valence-corrected chi connectivity index (χ4v) is 3.37. The van der Waals surface area contributed by atoms with Gasteiger partial charge in [-0.3, -0.25) is 0 Å².